The number of hydrogen-bond donors (Lipinski definition) is 1. The van der Waals surface area contributed by atoms with Gasteiger partial charge in [-0.2, -0.15) is 0 Å². The molecule has 0 amide bonds. The zero-order valence-corrected chi connectivity index (χ0v) is 11.9. The molecule has 3 heteroatoms. The van der Waals surface area contributed by atoms with Gasteiger partial charge in [0.1, 0.15) is 17.7 Å². The van der Waals surface area contributed by atoms with Gasteiger partial charge in [-0.1, -0.05) is 19.1 Å². The molecule has 20 heavy (non-hydrogen) atoms. The monoisotopic (exact) mass is 273 g/mol. The Morgan fingerprint density at radius 2 is 1.70 bits per heavy atom. The zero-order chi connectivity index (χ0) is 14.4. The van der Waals surface area contributed by atoms with Gasteiger partial charge in [-0.3, -0.25) is 0 Å². The average molecular weight is 273 g/mol. The SMILES string of the molecule is CCc1ccc(O[C@H](C)CNc2ccc(F)cc2)cc1. The Morgan fingerprint density at radius 1 is 1.05 bits per heavy atom. The Bertz CT molecular complexity index is 522. The van der Waals surface area contributed by atoms with E-state index in [0.717, 1.165) is 17.9 Å². The average Bonchev–Trinajstić information content (AvgIpc) is 2.47. The van der Waals surface area contributed by atoms with E-state index < -0.39 is 0 Å². The number of aryl methyl sites for hydroxylation is 1. The van der Waals surface area contributed by atoms with Gasteiger partial charge in [-0.15, -0.1) is 0 Å². The topological polar surface area (TPSA) is 21.3 Å². The number of halogens is 1. The summed E-state index contributed by atoms with van der Waals surface area (Å²) in [5.74, 6) is 0.645. The smallest absolute Gasteiger partial charge is 0.123 e. The van der Waals surface area contributed by atoms with Crippen LogP contribution in [-0.2, 0) is 6.42 Å². The van der Waals surface area contributed by atoms with Crippen molar-refractivity contribution in [2.24, 2.45) is 0 Å². The van der Waals surface area contributed by atoms with Crippen LogP contribution in [-0.4, -0.2) is 12.6 Å². The van der Waals surface area contributed by atoms with Gasteiger partial charge in [0.25, 0.3) is 0 Å². The van der Waals surface area contributed by atoms with Crippen molar-refractivity contribution in [2.45, 2.75) is 26.4 Å². The number of ether oxygens (including phenoxy) is 1. The van der Waals surface area contributed by atoms with E-state index in [1.807, 2.05) is 19.1 Å². The van der Waals surface area contributed by atoms with Gasteiger partial charge < -0.3 is 10.1 Å². The standard InChI is InChI=1S/C17H20FNO/c1-3-14-4-10-17(11-5-14)20-13(2)12-19-16-8-6-15(18)7-9-16/h4-11,13,19H,3,12H2,1-2H3/t13-/m1/s1. The van der Waals surface area contributed by atoms with Crippen molar-refractivity contribution in [3.63, 3.8) is 0 Å². The second-order valence-electron chi connectivity index (χ2n) is 4.81. The van der Waals surface area contributed by atoms with Crippen LogP contribution in [0.5, 0.6) is 5.75 Å². The number of anilines is 1. The normalized spacial score (nSPS) is 11.9. The molecule has 0 aromatic heterocycles. The van der Waals surface area contributed by atoms with E-state index >= 15 is 0 Å². The van der Waals surface area contributed by atoms with Crippen LogP contribution in [0.1, 0.15) is 19.4 Å². The van der Waals surface area contributed by atoms with Crippen molar-refractivity contribution < 1.29 is 9.13 Å². The minimum absolute atomic E-state index is 0.0347. The van der Waals surface area contributed by atoms with E-state index in [4.69, 9.17) is 4.74 Å². The van der Waals surface area contributed by atoms with E-state index in [9.17, 15) is 4.39 Å². The van der Waals surface area contributed by atoms with Crippen molar-refractivity contribution in [2.75, 3.05) is 11.9 Å². The lowest BCUT2D eigenvalue weighted by atomic mass is 10.2. The quantitative estimate of drug-likeness (QED) is 0.848. The highest BCUT2D eigenvalue weighted by molar-refractivity contribution is 5.42. The number of nitrogens with one attached hydrogen (secondary N) is 1. The Labute approximate surface area is 119 Å². The molecule has 0 radical (unpaired) electrons. The van der Waals surface area contributed by atoms with Gasteiger partial charge in [0.15, 0.2) is 0 Å². The third kappa shape index (κ3) is 4.26. The number of rotatable bonds is 6. The summed E-state index contributed by atoms with van der Waals surface area (Å²) in [6.45, 7) is 4.80. The third-order valence-corrected chi connectivity index (χ3v) is 3.11. The van der Waals surface area contributed by atoms with Crippen molar-refractivity contribution in [3.8, 4) is 5.75 Å². The molecule has 0 saturated heterocycles. The summed E-state index contributed by atoms with van der Waals surface area (Å²) in [7, 11) is 0. The molecular weight excluding hydrogens is 253 g/mol. The molecule has 2 aromatic rings. The lowest BCUT2D eigenvalue weighted by molar-refractivity contribution is 0.234. The molecule has 0 saturated carbocycles. The minimum atomic E-state index is -0.226. The first-order valence-corrected chi connectivity index (χ1v) is 6.92. The van der Waals surface area contributed by atoms with Crippen LogP contribution in [0.3, 0.4) is 0 Å². The maximum absolute atomic E-state index is 12.8. The molecule has 1 atom stereocenters. The summed E-state index contributed by atoms with van der Waals surface area (Å²) in [4.78, 5) is 0. The van der Waals surface area contributed by atoms with E-state index in [1.54, 1.807) is 12.1 Å². The zero-order valence-electron chi connectivity index (χ0n) is 11.9. The summed E-state index contributed by atoms with van der Waals surface area (Å²) >= 11 is 0. The van der Waals surface area contributed by atoms with Crippen LogP contribution in [0.25, 0.3) is 0 Å². The number of hydrogen-bond acceptors (Lipinski definition) is 2. The second-order valence-corrected chi connectivity index (χ2v) is 4.81. The largest absolute Gasteiger partial charge is 0.489 e. The summed E-state index contributed by atoms with van der Waals surface area (Å²) < 4.78 is 18.6. The Kier molecular flexibility index (Phi) is 4.99. The fraction of sp³-hybridized carbons (Fsp3) is 0.294. The Morgan fingerprint density at radius 3 is 2.30 bits per heavy atom. The predicted molar refractivity (Wildman–Crippen MR) is 80.8 cm³/mol. The molecule has 1 N–H and O–H groups in total. The van der Waals surface area contributed by atoms with Gasteiger partial charge in [0.2, 0.25) is 0 Å². The fourth-order valence-corrected chi connectivity index (χ4v) is 1.91. The highest BCUT2D eigenvalue weighted by Gasteiger charge is 2.04. The molecule has 2 rings (SSSR count). The van der Waals surface area contributed by atoms with Gasteiger partial charge in [-0.25, -0.2) is 4.39 Å². The molecule has 2 nitrogen and oxygen atoms in total. The maximum Gasteiger partial charge on any atom is 0.123 e. The fourth-order valence-electron chi connectivity index (χ4n) is 1.91. The van der Waals surface area contributed by atoms with Gasteiger partial charge in [-0.05, 0) is 55.3 Å². The van der Waals surface area contributed by atoms with Crippen molar-refractivity contribution in [3.05, 3.63) is 59.9 Å². The van der Waals surface area contributed by atoms with E-state index in [0.29, 0.717) is 6.54 Å². The van der Waals surface area contributed by atoms with Gasteiger partial charge in [0.05, 0.1) is 6.54 Å². The first-order chi connectivity index (χ1) is 9.67. The molecule has 106 valence electrons. The van der Waals surface area contributed by atoms with Crippen LogP contribution in [0.2, 0.25) is 0 Å². The highest BCUT2D eigenvalue weighted by Crippen LogP contribution is 2.15. The maximum atomic E-state index is 12.8. The van der Waals surface area contributed by atoms with Crippen molar-refractivity contribution in [1.82, 2.24) is 0 Å². The molecule has 2 aromatic carbocycles. The molecule has 0 unspecified atom stereocenters. The Balaban J connectivity index is 1.82. The summed E-state index contributed by atoms with van der Waals surface area (Å²) in [5, 5.41) is 3.22. The molecule has 0 fully saturated rings. The van der Waals surface area contributed by atoms with Crippen LogP contribution >= 0.6 is 0 Å². The van der Waals surface area contributed by atoms with Crippen LogP contribution in [0.15, 0.2) is 48.5 Å². The Hall–Kier alpha value is -2.03. The molecule has 0 aliphatic carbocycles. The molecule has 0 heterocycles. The van der Waals surface area contributed by atoms with Crippen LogP contribution in [0, 0.1) is 5.82 Å². The lowest BCUT2D eigenvalue weighted by Gasteiger charge is -2.16. The highest BCUT2D eigenvalue weighted by atomic mass is 19.1. The molecular formula is C17H20FNO. The van der Waals surface area contributed by atoms with Crippen LogP contribution < -0.4 is 10.1 Å². The minimum Gasteiger partial charge on any atom is -0.489 e. The van der Waals surface area contributed by atoms with E-state index in [1.165, 1.54) is 17.7 Å². The molecule has 0 aliphatic rings. The van der Waals surface area contributed by atoms with Gasteiger partial charge in [0, 0.05) is 5.69 Å². The van der Waals surface area contributed by atoms with Gasteiger partial charge >= 0.3 is 0 Å². The predicted octanol–water partition coefficient (Wildman–Crippen LogP) is 4.27. The first-order valence-electron chi connectivity index (χ1n) is 6.92. The molecule has 0 spiro atoms. The molecule has 0 bridgehead atoms. The third-order valence-electron chi connectivity index (χ3n) is 3.11. The summed E-state index contributed by atoms with van der Waals surface area (Å²) in [6, 6.07) is 14.5. The number of benzene rings is 2. The van der Waals surface area contributed by atoms with Crippen molar-refractivity contribution >= 4 is 5.69 Å². The second kappa shape index (κ2) is 6.94. The van der Waals surface area contributed by atoms with Crippen LogP contribution in [0.4, 0.5) is 10.1 Å². The molecule has 0 aliphatic heterocycles. The summed E-state index contributed by atoms with van der Waals surface area (Å²) in [6.07, 6.45) is 1.06. The van der Waals surface area contributed by atoms with E-state index in [-0.39, 0.29) is 11.9 Å². The van der Waals surface area contributed by atoms with E-state index in [2.05, 4.69) is 24.4 Å². The van der Waals surface area contributed by atoms with Crippen molar-refractivity contribution in [1.29, 1.82) is 0 Å². The lowest BCUT2D eigenvalue weighted by Crippen LogP contribution is -2.22. The summed E-state index contributed by atoms with van der Waals surface area (Å²) in [5.41, 5.74) is 2.19. The first kappa shape index (κ1) is 14.4.